The zero-order chi connectivity index (χ0) is 13.7. The number of amides is 1. The van der Waals surface area contributed by atoms with Gasteiger partial charge in [0.1, 0.15) is 11.9 Å². The molecule has 2 N–H and O–H groups in total. The Bertz CT molecular complexity index is 405. The highest BCUT2D eigenvalue weighted by molar-refractivity contribution is 6.30. The van der Waals surface area contributed by atoms with E-state index < -0.39 is 11.9 Å². The molecule has 0 saturated carbocycles. The summed E-state index contributed by atoms with van der Waals surface area (Å²) < 4.78 is 13.1. The largest absolute Gasteiger partial charge is 0.374 e. The van der Waals surface area contributed by atoms with Crippen LogP contribution in [0, 0.1) is 5.82 Å². The molecule has 0 aliphatic rings. The average Bonchev–Trinajstić information content (AvgIpc) is 2.27. The van der Waals surface area contributed by atoms with Crippen LogP contribution in [-0.2, 0) is 4.79 Å². The monoisotopic (exact) mass is 272 g/mol. The summed E-state index contributed by atoms with van der Waals surface area (Å²) in [6, 6.07) is 3.78. The minimum absolute atomic E-state index is 0.121. The maximum atomic E-state index is 13.1. The van der Waals surface area contributed by atoms with Gasteiger partial charge in [0.25, 0.3) is 0 Å². The molecule has 0 radical (unpaired) electrons. The van der Waals surface area contributed by atoms with Crippen LogP contribution in [0.3, 0.4) is 0 Å². The first-order valence-corrected chi connectivity index (χ1v) is 6.33. The van der Waals surface area contributed by atoms with Crippen molar-refractivity contribution in [1.29, 1.82) is 0 Å². The Morgan fingerprint density at radius 1 is 1.39 bits per heavy atom. The smallest absolute Gasteiger partial charge is 0.242 e. The quantitative estimate of drug-likeness (QED) is 0.864. The molecule has 2 unspecified atom stereocenters. The van der Waals surface area contributed by atoms with E-state index in [1.807, 2.05) is 13.8 Å². The van der Waals surface area contributed by atoms with Gasteiger partial charge in [-0.15, -0.1) is 0 Å². The highest BCUT2D eigenvalue weighted by Gasteiger charge is 2.14. The van der Waals surface area contributed by atoms with Gasteiger partial charge in [0.05, 0.1) is 0 Å². The van der Waals surface area contributed by atoms with E-state index in [0.29, 0.717) is 10.7 Å². The topological polar surface area (TPSA) is 41.1 Å². The van der Waals surface area contributed by atoms with E-state index in [0.717, 1.165) is 6.42 Å². The lowest BCUT2D eigenvalue weighted by atomic mass is 10.2. The Morgan fingerprint density at radius 2 is 2.06 bits per heavy atom. The first-order valence-electron chi connectivity index (χ1n) is 5.95. The fourth-order valence-corrected chi connectivity index (χ4v) is 1.64. The summed E-state index contributed by atoms with van der Waals surface area (Å²) in [5.74, 6) is -0.552. The van der Waals surface area contributed by atoms with Crippen LogP contribution >= 0.6 is 11.6 Å². The number of benzene rings is 1. The summed E-state index contributed by atoms with van der Waals surface area (Å²) in [5, 5.41) is 6.07. The van der Waals surface area contributed by atoms with Crippen molar-refractivity contribution in [3.63, 3.8) is 0 Å². The number of hydrogen-bond donors (Lipinski definition) is 2. The fraction of sp³-hybridized carbons (Fsp3) is 0.462. The molecule has 0 aliphatic carbocycles. The molecule has 0 bridgehead atoms. The van der Waals surface area contributed by atoms with Gasteiger partial charge in [-0.3, -0.25) is 4.79 Å². The average molecular weight is 273 g/mol. The number of halogens is 2. The third kappa shape index (κ3) is 4.53. The van der Waals surface area contributed by atoms with Gasteiger partial charge in [-0.25, -0.2) is 4.39 Å². The number of nitrogens with one attached hydrogen (secondary N) is 2. The highest BCUT2D eigenvalue weighted by atomic mass is 35.5. The second-order valence-electron chi connectivity index (χ2n) is 4.34. The van der Waals surface area contributed by atoms with Crippen LogP contribution in [0.5, 0.6) is 0 Å². The van der Waals surface area contributed by atoms with Crippen molar-refractivity contribution >= 4 is 23.2 Å². The Kier molecular flexibility index (Phi) is 5.41. The number of anilines is 1. The first-order chi connectivity index (χ1) is 8.42. The van der Waals surface area contributed by atoms with E-state index in [1.165, 1.54) is 12.1 Å². The molecule has 18 heavy (non-hydrogen) atoms. The standard InChI is InChI=1S/C13H18ClFN2O/c1-4-8(2)16-13(18)9(3)17-12-6-10(14)5-11(15)7-12/h5-9,17H,4H2,1-3H3,(H,16,18). The Labute approximate surface area is 112 Å². The predicted octanol–water partition coefficient (Wildman–Crippen LogP) is 3.19. The van der Waals surface area contributed by atoms with E-state index in [-0.39, 0.29) is 11.9 Å². The van der Waals surface area contributed by atoms with Gasteiger partial charge in [0, 0.05) is 16.8 Å². The Morgan fingerprint density at radius 3 is 2.61 bits per heavy atom. The molecule has 2 atom stereocenters. The van der Waals surface area contributed by atoms with Gasteiger partial charge in [0.2, 0.25) is 5.91 Å². The number of rotatable bonds is 5. The summed E-state index contributed by atoms with van der Waals surface area (Å²) in [7, 11) is 0. The molecule has 0 aliphatic heterocycles. The number of hydrogen-bond acceptors (Lipinski definition) is 2. The second-order valence-corrected chi connectivity index (χ2v) is 4.78. The maximum Gasteiger partial charge on any atom is 0.242 e. The summed E-state index contributed by atoms with van der Waals surface area (Å²) in [4.78, 5) is 11.8. The highest BCUT2D eigenvalue weighted by Crippen LogP contribution is 2.18. The molecule has 1 rings (SSSR count). The molecule has 0 aromatic heterocycles. The molecule has 1 aromatic rings. The van der Waals surface area contributed by atoms with Gasteiger partial charge in [-0.2, -0.15) is 0 Å². The summed E-state index contributed by atoms with van der Waals surface area (Å²) in [5.41, 5.74) is 0.492. The van der Waals surface area contributed by atoms with Crippen molar-refractivity contribution in [2.75, 3.05) is 5.32 Å². The van der Waals surface area contributed by atoms with Crippen molar-refractivity contribution < 1.29 is 9.18 Å². The zero-order valence-electron chi connectivity index (χ0n) is 10.8. The molecule has 100 valence electrons. The van der Waals surface area contributed by atoms with E-state index in [2.05, 4.69) is 10.6 Å². The van der Waals surface area contributed by atoms with Crippen LogP contribution in [0.15, 0.2) is 18.2 Å². The van der Waals surface area contributed by atoms with Gasteiger partial charge >= 0.3 is 0 Å². The van der Waals surface area contributed by atoms with Crippen LogP contribution in [-0.4, -0.2) is 18.0 Å². The molecule has 0 saturated heterocycles. The fourth-order valence-electron chi connectivity index (χ4n) is 1.42. The van der Waals surface area contributed by atoms with E-state index >= 15 is 0 Å². The maximum absolute atomic E-state index is 13.1. The molecule has 1 amide bonds. The first kappa shape index (κ1) is 14.8. The van der Waals surface area contributed by atoms with Crippen LogP contribution in [0.1, 0.15) is 27.2 Å². The van der Waals surface area contributed by atoms with E-state index in [1.54, 1.807) is 13.0 Å². The normalized spacial score (nSPS) is 13.8. The van der Waals surface area contributed by atoms with Crippen molar-refractivity contribution in [3.05, 3.63) is 29.0 Å². The van der Waals surface area contributed by atoms with E-state index in [9.17, 15) is 9.18 Å². The Hall–Kier alpha value is -1.29. The number of carbonyl (C=O) groups is 1. The SMILES string of the molecule is CCC(C)NC(=O)C(C)Nc1cc(F)cc(Cl)c1. The third-order valence-electron chi connectivity index (χ3n) is 2.64. The summed E-state index contributed by atoms with van der Waals surface area (Å²) >= 11 is 5.74. The molecule has 0 spiro atoms. The van der Waals surface area contributed by atoms with Gasteiger partial charge in [-0.05, 0) is 38.5 Å². The molecule has 0 fully saturated rings. The molecular weight excluding hydrogens is 255 g/mol. The van der Waals surface area contributed by atoms with Crippen molar-refractivity contribution in [2.24, 2.45) is 0 Å². The molecule has 5 heteroatoms. The molecule has 3 nitrogen and oxygen atoms in total. The molecule has 0 heterocycles. The zero-order valence-corrected chi connectivity index (χ0v) is 11.5. The Balaban J connectivity index is 2.63. The minimum atomic E-state index is -0.447. The lowest BCUT2D eigenvalue weighted by Crippen LogP contribution is -2.41. The second kappa shape index (κ2) is 6.59. The van der Waals surface area contributed by atoms with Crippen LogP contribution in [0.2, 0.25) is 5.02 Å². The van der Waals surface area contributed by atoms with Crippen LogP contribution in [0.4, 0.5) is 10.1 Å². The van der Waals surface area contributed by atoms with Gasteiger partial charge in [-0.1, -0.05) is 18.5 Å². The predicted molar refractivity (Wildman–Crippen MR) is 72.4 cm³/mol. The summed E-state index contributed by atoms with van der Waals surface area (Å²) in [6.45, 7) is 5.65. The van der Waals surface area contributed by atoms with Crippen LogP contribution in [0.25, 0.3) is 0 Å². The molecule has 1 aromatic carbocycles. The van der Waals surface area contributed by atoms with Gasteiger partial charge in [0.15, 0.2) is 0 Å². The number of carbonyl (C=O) groups excluding carboxylic acids is 1. The van der Waals surface area contributed by atoms with Crippen molar-refractivity contribution in [1.82, 2.24) is 5.32 Å². The lowest BCUT2D eigenvalue weighted by Gasteiger charge is -2.18. The minimum Gasteiger partial charge on any atom is -0.374 e. The third-order valence-corrected chi connectivity index (χ3v) is 2.86. The lowest BCUT2D eigenvalue weighted by molar-refractivity contribution is -0.122. The van der Waals surface area contributed by atoms with E-state index in [4.69, 9.17) is 11.6 Å². The van der Waals surface area contributed by atoms with Crippen molar-refractivity contribution in [2.45, 2.75) is 39.3 Å². The van der Waals surface area contributed by atoms with Crippen molar-refractivity contribution in [3.8, 4) is 0 Å². The molecular formula is C13H18ClFN2O. The van der Waals surface area contributed by atoms with Gasteiger partial charge < -0.3 is 10.6 Å². The summed E-state index contributed by atoms with van der Waals surface area (Å²) in [6.07, 6.45) is 0.865. The van der Waals surface area contributed by atoms with Crippen LogP contribution < -0.4 is 10.6 Å².